The second-order valence-electron chi connectivity index (χ2n) is 20.2. The van der Waals surface area contributed by atoms with Crippen molar-refractivity contribution in [2.24, 2.45) is 0 Å². The molecule has 0 heterocycles. The van der Waals surface area contributed by atoms with Gasteiger partial charge in [0, 0.05) is 12.8 Å². The fourth-order valence-electron chi connectivity index (χ4n) is 7.37. The SMILES string of the molecule is CC/C=C\C/C=C\C/C=C\C/C=C\C/C=C\C/C=C\C/C=C\C/C=C\C/C=C\C/C=C\CCCCCCCCCCC(=O)OC(COC(=O)CCCCCCC/C=C\CCCC)COC(OCC[N+](C)(C)C)C(=O)[O-]. The van der Waals surface area contributed by atoms with Crippen molar-refractivity contribution >= 4 is 17.9 Å². The van der Waals surface area contributed by atoms with Crippen molar-refractivity contribution in [3.05, 3.63) is 134 Å². The lowest BCUT2D eigenvalue weighted by molar-refractivity contribution is -0.870. The maximum Gasteiger partial charge on any atom is 0.306 e. The Bertz CT molecular complexity index is 1690. The summed E-state index contributed by atoms with van der Waals surface area (Å²) in [7, 11) is 5.90. The largest absolute Gasteiger partial charge is 0.545 e. The molecule has 0 aliphatic heterocycles. The molecule has 2 unspecified atom stereocenters. The molecule has 9 heteroatoms. The highest BCUT2D eigenvalue weighted by Crippen LogP contribution is 2.14. The highest BCUT2D eigenvalue weighted by Gasteiger charge is 2.22. The van der Waals surface area contributed by atoms with Crippen LogP contribution in [0.1, 0.15) is 206 Å². The molecule has 0 rings (SSSR count). The first-order valence-electron chi connectivity index (χ1n) is 29.3. The monoisotopic (exact) mass is 1040 g/mol. The molecule has 0 aromatic rings. The summed E-state index contributed by atoms with van der Waals surface area (Å²) in [6.45, 7) is 4.54. The van der Waals surface area contributed by atoms with Gasteiger partial charge in [-0.3, -0.25) is 9.59 Å². The van der Waals surface area contributed by atoms with Crippen LogP contribution in [0.4, 0.5) is 0 Å². The van der Waals surface area contributed by atoms with E-state index in [-0.39, 0.29) is 38.6 Å². The van der Waals surface area contributed by atoms with Crippen molar-refractivity contribution in [1.82, 2.24) is 0 Å². The average molecular weight is 1040 g/mol. The third-order valence-electron chi connectivity index (χ3n) is 11.9. The van der Waals surface area contributed by atoms with E-state index in [1.54, 1.807) is 0 Å². The van der Waals surface area contributed by atoms with Gasteiger partial charge < -0.3 is 33.3 Å². The van der Waals surface area contributed by atoms with Crippen LogP contribution in [0.5, 0.6) is 0 Å². The first-order chi connectivity index (χ1) is 36.6. The van der Waals surface area contributed by atoms with E-state index in [0.29, 0.717) is 17.4 Å². The van der Waals surface area contributed by atoms with E-state index < -0.39 is 24.3 Å². The summed E-state index contributed by atoms with van der Waals surface area (Å²) in [6.07, 6.45) is 76.6. The van der Waals surface area contributed by atoms with Crippen molar-refractivity contribution < 1.29 is 42.9 Å². The molecule has 75 heavy (non-hydrogen) atoms. The normalized spacial score (nSPS) is 13.8. The van der Waals surface area contributed by atoms with Crippen LogP contribution >= 0.6 is 0 Å². The minimum atomic E-state index is -1.63. The number of nitrogens with zero attached hydrogens (tertiary/aromatic N) is 1. The number of carboxylic acid groups (broad SMARTS) is 1. The molecular weight excluding hydrogens is 935 g/mol. The molecule has 0 radical (unpaired) electrons. The molecule has 0 saturated heterocycles. The van der Waals surface area contributed by atoms with E-state index in [1.807, 2.05) is 21.1 Å². The highest BCUT2D eigenvalue weighted by molar-refractivity contribution is 5.70. The average Bonchev–Trinajstić information content (AvgIpc) is 3.38. The zero-order chi connectivity index (χ0) is 54.8. The van der Waals surface area contributed by atoms with Crippen LogP contribution in [0.25, 0.3) is 0 Å². The summed E-state index contributed by atoms with van der Waals surface area (Å²) in [5.74, 6) is -2.32. The molecule has 424 valence electrons. The number of carbonyl (C=O) groups is 3. The molecule has 0 spiro atoms. The quantitative estimate of drug-likeness (QED) is 0.0195. The van der Waals surface area contributed by atoms with Gasteiger partial charge in [-0.05, 0) is 109 Å². The molecule has 0 fully saturated rings. The summed E-state index contributed by atoms with van der Waals surface area (Å²) >= 11 is 0. The lowest BCUT2D eigenvalue weighted by Gasteiger charge is -2.26. The van der Waals surface area contributed by atoms with Crippen LogP contribution < -0.4 is 5.11 Å². The Morgan fingerprint density at radius 3 is 1.15 bits per heavy atom. The van der Waals surface area contributed by atoms with Crippen LogP contribution in [0, 0.1) is 0 Å². The lowest BCUT2D eigenvalue weighted by atomic mass is 10.1. The van der Waals surface area contributed by atoms with Gasteiger partial charge in [0.1, 0.15) is 13.2 Å². The second-order valence-corrected chi connectivity index (χ2v) is 20.2. The van der Waals surface area contributed by atoms with Crippen LogP contribution in [0.3, 0.4) is 0 Å². The summed E-state index contributed by atoms with van der Waals surface area (Å²) < 4.78 is 22.6. The van der Waals surface area contributed by atoms with Gasteiger partial charge >= 0.3 is 11.9 Å². The lowest BCUT2D eigenvalue weighted by Crippen LogP contribution is -2.44. The molecular formula is C66H107NO8. The minimum Gasteiger partial charge on any atom is -0.545 e. The number of aliphatic carboxylic acids is 1. The van der Waals surface area contributed by atoms with E-state index in [1.165, 1.54) is 38.5 Å². The van der Waals surface area contributed by atoms with Gasteiger partial charge in [0.2, 0.25) is 0 Å². The van der Waals surface area contributed by atoms with E-state index in [9.17, 15) is 19.5 Å². The van der Waals surface area contributed by atoms with E-state index >= 15 is 0 Å². The van der Waals surface area contributed by atoms with Gasteiger partial charge in [-0.1, -0.05) is 218 Å². The Kier molecular flexibility index (Phi) is 52.3. The van der Waals surface area contributed by atoms with Crippen molar-refractivity contribution in [1.29, 1.82) is 0 Å². The zero-order valence-corrected chi connectivity index (χ0v) is 48.1. The predicted octanol–water partition coefficient (Wildman–Crippen LogP) is 16.1. The second kappa shape index (κ2) is 55.7. The Morgan fingerprint density at radius 1 is 0.413 bits per heavy atom. The number of carbonyl (C=O) groups excluding carboxylic acids is 3. The number of carboxylic acids is 1. The number of quaternary nitrogens is 1. The maximum absolute atomic E-state index is 12.8. The molecule has 9 nitrogen and oxygen atoms in total. The first-order valence-corrected chi connectivity index (χ1v) is 29.3. The molecule has 2 atom stereocenters. The summed E-state index contributed by atoms with van der Waals surface area (Å²) in [4.78, 5) is 37.1. The molecule has 0 bridgehead atoms. The number of allylic oxidation sites excluding steroid dienone is 22. The molecule has 0 aromatic heterocycles. The standard InChI is InChI=1S/C66H107NO8/c1-6-8-10-12-14-16-18-19-20-21-22-23-24-25-26-27-28-29-30-31-32-33-34-35-36-37-38-39-40-41-42-43-44-45-47-49-51-53-55-57-64(69)75-62(61-74-66(65(70)71)72-59-58-67(3,4)5)60-73-63(68)56-54-52-50-48-46-17-15-13-11-9-7-2/h8,10,13-16,19-20,22-23,25-26,28-29,31-32,34-35,37-38,40-41,62,66H,6-7,9,11-12,17-18,21,24,27,30,33,36,39,42-61H2,1-5H3/b10-8-,15-13-,16-14-,20-19-,23-22-,26-25-,29-28-,32-31-,35-34-,38-37-,41-40-. The summed E-state index contributed by atoms with van der Waals surface area (Å²) in [6, 6.07) is 0. The number of rotatable bonds is 52. The Hall–Kier alpha value is -4.57. The fraction of sp³-hybridized carbons (Fsp3) is 0.621. The summed E-state index contributed by atoms with van der Waals surface area (Å²) in [5, 5.41) is 11.7. The van der Waals surface area contributed by atoms with Gasteiger partial charge in [-0.2, -0.15) is 0 Å². The number of ether oxygens (including phenoxy) is 4. The van der Waals surface area contributed by atoms with Gasteiger partial charge in [0.15, 0.2) is 12.4 Å². The molecule has 0 N–H and O–H groups in total. The van der Waals surface area contributed by atoms with Crippen molar-refractivity contribution in [3.8, 4) is 0 Å². The Morgan fingerprint density at radius 2 is 0.760 bits per heavy atom. The van der Waals surface area contributed by atoms with Crippen LogP contribution in [-0.2, 0) is 33.3 Å². The van der Waals surface area contributed by atoms with E-state index in [0.717, 1.165) is 135 Å². The summed E-state index contributed by atoms with van der Waals surface area (Å²) in [5.41, 5.74) is 0. The molecule has 0 aliphatic rings. The third kappa shape index (κ3) is 57.0. The minimum absolute atomic E-state index is 0.138. The smallest absolute Gasteiger partial charge is 0.306 e. The first kappa shape index (κ1) is 70.4. The number of hydrogen-bond acceptors (Lipinski definition) is 8. The topological polar surface area (TPSA) is 111 Å². The highest BCUT2D eigenvalue weighted by atomic mass is 16.7. The molecule has 0 saturated carbocycles. The zero-order valence-electron chi connectivity index (χ0n) is 48.1. The fourth-order valence-corrected chi connectivity index (χ4v) is 7.37. The van der Waals surface area contributed by atoms with Gasteiger partial charge in [-0.25, -0.2) is 0 Å². The van der Waals surface area contributed by atoms with Gasteiger partial charge in [0.05, 0.1) is 40.3 Å². The van der Waals surface area contributed by atoms with Crippen molar-refractivity contribution in [2.75, 3.05) is 47.5 Å². The predicted molar refractivity (Wildman–Crippen MR) is 315 cm³/mol. The number of unbranched alkanes of at least 4 members (excludes halogenated alkanes) is 15. The van der Waals surface area contributed by atoms with Crippen molar-refractivity contribution in [3.63, 3.8) is 0 Å². The van der Waals surface area contributed by atoms with Crippen LogP contribution in [0.15, 0.2) is 134 Å². The van der Waals surface area contributed by atoms with Gasteiger partial charge in [0.25, 0.3) is 0 Å². The molecule has 0 aliphatic carbocycles. The van der Waals surface area contributed by atoms with Crippen molar-refractivity contribution in [2.45, 2.75) is 219 Å². The number of esters is 2. The maximum atomic E-state index is 12.8. The van der Waals surface area contributed by atoms with Crippen LogP contribution in [0.2, 0.25) is 0 Å². The number of likely N-dealkylation sites (N-methyl/N-ethyl adjacent to an activating group) is 1. The Labute approximate surface area is 459 Å². The molecule has 0 aromatic carbocycles. The third-order valence-corrected chi connectivity index (χ3v) is 11.9. The number of hydrogen-bond donors (Lipinski definition) is 0. The van der Waals surface area contributed by atoms with Gasteiger partial charge in [-0.15, -0.1) is 0 Å². The Balaban J connectivity index is 4.16. The van der Waals surface area contributed by atoms with Crippen LogP contribution in [-0.4, -0.2) is 82.3 Å². The van der Waals surface area contributed by atoms with E-state index in [4.69, 9.17) is 18.9 Å². The van der Waals surface area contributed by atoms with E-state index in [2.05, 4.69) is 148 Å². The molecule has 0 amide bonds.